The van der Waals surface area contributed by atoms with E-state index in [4.69, 9.17) is 4.43 Å². The minimum Gasteiger partial charge on any atom is -0.403 e. The maximum atomic E-state index is 6.67. The van der Waals surface area contributed by atoms with E-state index in [1.807, 2.05) is 0 Å². The number of fused-ring (bicyclic) bond motifs is 1. The molecule has 0 N–H and O–H groups in total. The van der Waals surface area contributed by atoms with Crippen LogP contribution in [0, 0.1) is 0 Å². The third-order valence-electron chi connectivity index (χ3n) is 4.14. The molecule has 0 unspecified atom stereocenters. The van der Waals surface area contributed by atoms with Crippen LogP contribution in [0.15, 0.2) is 24.3 Å². The van der Waals surface area contributed by atoms with Crippen molar-refractivity contribution in [1.82, 2.24) is 0 Å². The molecule has 0 saturated heterocycles. The predicted octanol–water partition coefficient (Wildman–Crippen LogP) is 3.92. The zero-order valence-corrected chi connectivity index (χ0v) is 12.9. The molecule has 0 saturated carbocycles. The van der Waals surface area contributed by atoms with Crippen LogP contribution in [0.2, 0.25) is 11.1 Å². The largest absolute Gasteiger partial charge is 0.403 e. The van der Waals surface area contributed by atoms with Gasteiger partial charge in [0.2, 0.25) is 8.32 Å². The highest BCUT2D eigenvalue weighted by Crippen LogP contribution is 2.45. The average Bonchev–Trinajstić information content (AvgIpc) is 2.49. The Morgan fingerprint density at radius 2 is 1.53 bits per heavy atom. The summed E-state index contributed by atoms with van der Waals surface area (Å²) < 4.78 is 6.67. The zero-order valence-electron chi connectivity index (χ0n) is 11.9. The van der Waals surface area contributed by atoms with Crippen molar-refractivity contribution >= 4 is 13.5 Å². The van der Waals surface area contributed by atoms with E-state index in [9.17, 15) is 0 Å². The van der Waals surface area contributed by atoms with E-state index < -0.39 is 8.32 Å². The molecule has 1 nitrogen and oxygen atoms in total. The second-order valence-electron chi connectivity index (χ2n) is 6.26. The van der Waals surface area contributed by atoms with Gasteiger partial charge in [0.05, 0.1) is 5.60 Å². The van der Waals surface area contributed by atoms with Crippen LogP contribution in [0.4, 0.5) is 0 Å². The van der Waals surface area contributed by atoms with Gasteiger partial charge in [-0.3, -0.25) is 0 Å². The summed E-state index contributed by atoms with van der Waals surface area (Å²) in [6, 6.07) is 8.84. The summed E-state index contributed by atoms with van der Waals surface area (Å²) in [6.07, 6.45) is 0. The van der Waals surface area contributed by atoms with Crippen molar-refractivity contribution in [3.63, 3.8) is 0 Å². The highest BCUT2D eigenvalue weighted by molar-refractivity contribution is 6.90. The zero-order chi connectivity index (χ0) is 12.8. The molecule has 2 rings (SSSR count). The van der Waals surface area contributed by atoms with Crippen LogP contribution in [0.1, 0.15) is 47.1 Å². The molecule has 94 valence electrons. The van der Waals surface area contributed by atoms with Gasteiger partial charge in [-0.05, 0) is 35.7 Å². The van der Waals surface area contributed by atoms with Gasteiger partial charge in [-0.1, -0.05) is 52.0 Å². The maximum Gasteiger partial charge on any atom is 0.230 e. The summed E-state index contributed by atoms with van der Waals surface area (Å²) >= 11 is 0. The number of rotatable bonds is 2. The van der Waals surface area contributed by atoms with E-state index in [2.05, 4.69) is 65.8 Å². The van der Waals surface area contributed by atoms with Crippen molar-refractivity contribution in [2.24, 2.45) is 0 Å². The summed E-state index contributed by atoms with van der Waals surface area (Å²) in [7, 11) is -1.84. The third kappa shape index (κ3) is 1.69. The molecular weight excluding hydrogens is 224 g/mol. The molecular formula is C15H24OSi. The quantitative estimate of drug-likeness (QED) is 0.721. The summed E-state index contributed by atoms with van der Waals surface area (Å²) in [5.41, 5.74) is 2.53. The van der Waals surface area contributed by atoms with Crippen LogP contribution in [0.5, 0.6) is 0 Å². The molecule has 2 heteroatoms. The van der Waals surface area contributed by atoms with Crippen LogP contribution in [0.3, 0.4) is 0 Å². The lowest BCUT2D eigenvalue weighted by Gasteiger charge is -2.37. The van der Waals surface area contributed by atoms with Crippen molar-refractivity contribution in [1.29, 1.82) is 0 Å². The molecule has 1 heterocycles. The van der Waals surface area contributed by atoms with Gasteiger partial charge in [0.15, 0.2) is 0 Å². The Balaban J connectivity index is 2.67. The van der Waals surface area contributed by atoms with Gasteiger partial charge in [0, 0.05) is 0 Å². The van der Waals surface area contributed by atoms with Gasteiger partial charge in [0.25, 0.3) is 0 Å². The lowest BCUT2D eigenvalue weighted by molar-refractivity contribution is 0.107. The predicted molar refractivity (Wildman–Crippen MR) is 76.1 cm³/mol. The molecule has 0 fully saturated rings. The van der Waals surface area contributed by atoms with Gasteiger partial charge in [-0.15, -0.1) is 0 Å². The molecule has 0 atom stereocenters. The molecule has 1 aliphatic heterocycles. The Bertz CT molecular complexity index is 413. The standard InChI is InChI=1S/C15H24OSi/c1-11(2)17(12(3)4)14-10-8-7-9-13(14)15(5,6)16-17/h7-12H,1-6H3. The fraction of sp³-hybridized carbons (Fsp3) is 0.600. The van der Waals surface area contributed by atoms with E-state index in [-0.39, 0.29) is 5.60 Å². The van der Waals surface area contributed by atoms with Crippen LogP contribution >= 0.6 is 0 Å². The molecule has 0 radical (unpaired) electrons. The summed E-state index contributed by atoms with van der Waals surface area (Å²) in [5.74, 6) is 0. The van der Waals surface area contributed by atoms with Crippen LogP contribution in [-0.2, 0) is 10.0 Å². The minimum absolute atomic E-state index is 0.114. The van der Waals surface area contributed by atoms with E-state index in [0.29, 0.717) is 11.1 Å². The van der Waals surface area contributed by atoms with Crippen molar-refractivity contribution in [3.05, 3.63) is 29.8 Å². The first-order valence-corrected chi connectivity index (χ1v) is 8.69. The second kappa shape index (κ2) is 3.96. The van der Waals surface area contributed by atoms with Crippen molar-refractivity contribution in [2.75, 3.05) is 0 Å². The van der Waals surface area contributed by atoms with Gasteiger partial charge in [-0.25, -0.2) is 0 Å². The van der Waals surface area contributed by atoms with Gasteiger partial charge in [0.1, 0.15) is 0 Å². The first kappa shape index (κ1) is 12.8. The first-order chi connectivity index (χ1) is 7.82. The molecule has 0 aromatic heterocycles. The second-order valence-corrected chi connectivity index (χ2v) is 10.9. The van der Waals surface area contributed by atoms with Crippen molar-refractivity contribution in [2.45, 2.75) is 58.2 Å². The molecule has 0 bridgehead atoms. The molecule has 0 aliphatic carbocycles. The minimum atomic E-state index is -1.84. The van der Waals surface area contributed by atoms with Gasteiger partial charge < -0.3 is 4.43 Å². The fourth-order valence-electron chi connectivity index (χ4n) is 3.41. The Morgan fingerprint density at radius 3 is 2.06 bits per heavy atom. The number of benzene rings is 1. The number of hydrogen-bond donors (Lipinski definition) is 0. The van der Waals surface area contributed by atoms with E-state index in [1.54, 1.807) is 0 Å². The smallest absolute Gasteiger partial charge is 0.230 e. The Hall–Kier alpha value is -0.603. The topological polar surface area (TPSA) is 9.23 Å². The molecule has 0 amide bonds. The molecule has 17 heavy (non-hydrogen) atoms. The third-order valence-corrected chi connectivity index (χ3v) is 9.69. The highest BCUT2D eigenvalue weighted by atomic mass is 28.4. The maximum absolute atomic E-state index is 6.67. The van der Waals surface area contributed by atoms with E-state index in [1.165, 1.54) is 10.8 Å². The Kier molecular flexibility index (Phi) is 2.99. The summed E-state index contributed by atoms with van der Waals surface area (Å²) in [6.45, 7) is 13.7. The van der Waals surface area contributed by atoms with Crippen LogP contribution in [-0.4, -0.2) is 8.32 Å². The summed E-state index contributed by atoms with van der Waals surface area (Å²) in [4.78, 5) is 0. The summed E-state index contributed by atoms with van der Waals surface area (Å²) in [5, 5.41) is 1.52. The van der Waals surface area contributed by atoms with Gasteiger partial charge in [-0.2, -0.15) is 0 Å². The van der Waals surface area contributed by atoms with Crippen molar-refractivity contribution < 1.29 is 4.43 Å². The number of hydrogen-bond acceptors (Lipinski definition) is 1. The monoisotopic (exact) mass is 248 g/mol. The van der Waals surface area contributed by atoms with E-state index in [0.717, 1.165) is 0 Å². The van der Waals surface area contributed by atoms with Crippen LogP contribution in [0.25, 0.3) is 0 Å². The fourth-order valence-corrected chi connectivity index (χ4v) is 8.68. The lowest BCUT2D eigenvalue weighted by atomic mass is 9.99. The SMILES string of the molecule is CC(C)[Si]1(C(C)C)OC(C)(C)c2ccccc21. The van der Waals surface area contributed by atoms with Crippen LogP contribution < -0.4 is 5.19 Å². The molecule has 1 aliphatic rings. The van der Waals surface area contributed by atoms with Gasteiger partial charge >= 0.3 is 0 Å². The lowest BCUT2D eigenvalue weighted by Crippen LogP contribution is -2.53. The molecule has 0 spiro atoms. The molecule has 1 aromatic carbocycles. The Labute approximate surface area is 106 Å². The van der Waals surface area contributed by atoms with Crippen molar-refractivity contribution in [3.8, 4) is 0 Å². The highest BCUT2D eigenvalue weighted by Gasteiger charge is 2.54. The Morgan fingerprint density at radius 1 is 1.00 bits per heavy atom. The average molecular weight is 248 g/mol. The molecule has 1 aromatic rings. The first-order valence-electron chi connectivity index (χ1n) is 6.62. The van der Waals surface area contributed by atoms with E-state index >= 15 is 0 Å². The normalized spacial score (nSPS) is 20.9.